The lowest BCUT2D eigenvalue weighted by molar-refractivity contribution is 0.135. The van der Waals surface area contributed by atoms with Gasteiger partial charge in [0.2, 0.25) is 0 Å². The molecule has 1 aromatic carbocycles. The van der Waals surface area contributed by atoms with Crippen molar-refractivity contribution < 1.29 is 9.53 Å². The highest BCUT2D eigenvalue weighted by atomic mass is 127. The molecule has 21 heavy (non-hydrogen) atoms. The highest BCUT2D eigenvalue weighted by molar-refractivity contribution is 14.1. The molecule has 3 aliphatic rings. The van der Waals surface area contributed by atoms with E-state index >= 15 is 0 Å². The average Bonchev–Trinajstić information content (AvgIpc) is 3.17. The molecule has 4 heteroatoms. The van der Waals surface area contributed by atoms with Crippen molar-refractivity contribution in [3.63, 3.8) is 0 Å². The van der Waals surface area contributed by atoms with Crippen molar-refractivity contribution in [2.75, 3.05) is 7.11 Å². The highest BCUT2D eigenvalue weighted by Gasteiger charge is 2.76. The Bertz CT molecular complexity index is 602. The molecule has 5 unspecified atom stereocenters. The molecule has 1 aliphatic heterocycles. The van der Waals surface area contributed by atoms with Crippen molar-refractivity contribution in [2.45, 2.75) is 28.3 Å². The van der Waals surface area contributed by atoms with Gasteiger partial charge in [0, 0.05) is 9.84 Å². The maximum Gasteiger partial charge on any atom is 0.410 e. The fourth-order valence-corrected chi connectivity index (χ4v) is 5.39. The number of rotatable bonds is 3. The van der Waals surface area contributed by atoms with E-state index in [-0.39, 0.29) is 11.6 Å². The Morgan fingerprint density at radius 2 is 2.24 bits per heavy atom. The zero-order valence-electron chi connectivity index (χ0n) is 11.9. The summed E-state index contributed by atoms with van der Waals surface area (Å²) in [5.41, 5.74) is 1.40. The van der Waals surface area contributed by atoms with Crippen molar-refractivity contribution >= 4 is 28.7 Å². The predicted molar refractivity (Wildman–Crippen MR) is 89.3 cm³/mol. The Labute approximate surface area is 138 Å². The van der Waals surface area contributed by atoms with Crippen LogP contribution >= 0.6 is 22.6 Å². The van der Waals surface area contributed by atoms with Gasteiger partial charge in [0.05, 0.1) is 18.7 Å². The van der Waals surface area contributed by atoms with Crippen LogP contribution in [0.2, 0.25) is 0 Å². The second-order valence-electron chi connectivity index (χ2n) is 6.25. The molecule has 1 saturated heterocycles. The largest absolute Gasteiger partial charge is 0.453 e. The van der Waals surface area contributed by atoms with E-state index in [1.165, 1.54) is 19.1 Å². The maximum absolute atomic E-state index is 11.9. The summed E-state index contributed by atoms with van der Waals surface area (Å²) < 4.78 is 5.45. The SMILES string of the molecule is COC(=O)N1C2C(CC(I)c3ccccc3)CC3C=CC321. The predicted octanol–water partition coefficient (Wildman–Crippen LogP) is 3.95. The summed E-state index contributed by atoms with van der Waals surface area (Å²) in [5, 5.41) is 0. The number of piperidine rings is 1. The van der Waals surface area contributed by atoms with Gasteiger partial charge >= 0.3 is 6.09 Å². The number of hydrogen-bond acceptors (Lipinski definition) is 2. The van der Waals surface area contributed by atoms with Crippen LogP contribution in [-0.2, 0) is 4.74 Å². The summed E-state index contributed by atoms with van der Waals surface area (Å²) in [4.78, 5) is 13.9. The fourth-order valence-electron chi connectivity index (χ4n) is 4.32. The number of benzene rings is 1. The van der Waals surface area contributed by atoms with Gasteiger partial charge in [-0.3, -0.25) is 4.90 Å². The molecular formula is C17H18INO2. The van der Waals surface area contributed by atoms with Crippen LogP contribution in [0.4, 0.5) is 4.79 Å². The second-order valence-corrected chi connectivity index (χ2v) is 7.75. The first-order valence-corrected chi connectivity index (χ1v) is 8.68. The van der Waals surface area contributed by atoms with E-state index < -0.39 is 0 Å². The lowest BCUT2D eigenvalue weighted by Gasteiger charge is -2.28. The quantitative estimate of drug-likeness (QED) is 0.336. The summed E-state index contributed by atoms with van der Waals surface area (Å²) >= 11 is 2.54. The lowest BCUT2D eigenvalue weighted by Crippen LogP contribution is -2.34. The number of carbonyl (C=O) groups is 1. The van der Waals surface area contributed by atoms with E-state index in [0.29, 0.717) is 21.8 Å². The number of likely N-dealkylation sites (tertiary alicyclic amines) is 1. The highest BCUT2D eigenvalue weighted by Crippen LogP contribution is 2.66. The molecule has 3 nitrogen and oxygen atoms in total. The molecule has 1 saturated carbocycles. The van der Waals surface area contributed by atoms with Crippen LogP contribution in [0.3, 0.4) is 0 Å². The average molecular weight is 395 g/mol. The zero-order valence-corrected chi connectivity index (χ0v) is 14.1. The normalized spacial score (nSPS) is 36.5. The van der Waals surface area contributed by atoms with Gasteiger partial charge in [-0.1, -0.05) is 65.1 Å². The van der Waals surface area contributed by atoms with Crippen LogP contribution in [0.15, 0.2) is 42.5 Å². The summed E-state index contributed by atoms with van der Waals surface area (Å²) in [6.45, 7) is 0. The van der Waals surface area contributed by atoms with Crippen LogP contribution in [0.5, 0.6) is 0 Å². The lowest BCUT2D eigenvalue weighted by atomic mass is 9.83. The van der Waals surface area contributed by atoms with Crippen LogP contribution in [0.25, 0.3) is 0 Å². The summed E-state index contributed by atoms with van der Waals surface area (Å²) in [7, 11) is 1.48. The van der Waals surface area contributed by atoms with E-state index in [1.807, 2.05) is 4.90 Å². The smallest absolute Gasteiger partial charge is 0.410 e. The Morgan fingerprint density at radius 3 is 2.86 bits per heavy atom. The molecular weight excluding hydrogens is 377 g/mol. The molecule has 1 aromatic rings. The number of carbonyl (C=O) groups excluding carboxylic acids is 1. The Balaban J connectivity index is 1.50. The molecule has 1 heterocycles. The molecule has 0 radical (unpaired) electrons. The van der Waals surface area contributed by atoms with Gasteiger partial charge in [-0.05, 0) is 24.3 Å². The van der Waals surface area contributed by atoms with E-state index in [2.05, 4.69) is 65.1 Å². The summed E-state index contributed by atoms with van der Waals surface area (Å²) in [6.07, 6.45) is 6.65. The molecule has 1 amide bonds. The first-order valence-electron chi connectivity index (χ1n) is 7.44. The second kappa shape index (κ2) is 4.73. The van der Waals surface area contributed by atoms with Gasteiger partial charge in [-0.2, -0.15) is 0 Å². The number of nitrogens with zero attached hydrogens (tertiary/aromatic N) is 1. The Hall–Kier alpha value is -1.04. The van der Waals surface area contributed by atoms with Crippen molar-refractivity contribution in [2.24, 2.45) is 11.8 Å². The topological polar surface area (TPSA) is 29.3 Å². The van der Waals surface area contributed by atoms with Gasteiger partial charge < -0.3 is 4.74 Å². The third-order valence-corrected chi connectivity index (χ3v) is 6.56. The molecule has 5 atom stereocenters. The standard InChI is InChI=1S/C17H18INO2/c1-21-16(20)19-15-12(9-13-7-8-17(13,15)19)10-14(18)11-5-3-2-4-6-11/h2-8,12-15H,9-10H2,1H3. The minimum Gasteiger partial charge on any atom is -0.453 e. The van der Waals surface area contributed by atoms with Gasteiger partial charge in [-0.25, -0.2) is 4.79 Å². The summed E-state index contributed by atoms with van der Waals surface area (Å²) in [5.74, 6) is 1.12. The van der Waals surface area contributed by atoms with Crippen molar-refractivity contribution in [1.29, 1.82) is 0 Å². The zero-order chi connectivity index (χ0) is 14.6. The Kier molecular flexibility index (Phi) is 3.07. The van der Waals surface area contributed by atoms with E-state index in [0.717, 1.165) is 6.42 Å². The molecule has 110 valence electrons. The number of hydrogen-bond donors (Lipinski definition) is 0. The number of halogens is 1. The molecule has 2 aliphatic carbocycles. The molecule has 0 aromatic heterocycles. The summed E-state index contributed by atoms with van der Waals surface area (Å²) in [6, 6.07) is 11.0. The molecule has 0 N–H and O–H groups in total. The van der Waals surface area contributed by atoms with Gasteiger partial charge in [-0.15, -0.1) is 0 Å². The van der Waals surface area contributed by atoms with Crippen LogP contribution < -0.4 is 0 Å². The van der Waals surface area contributed by atoms with E-state index in [4.69, 9.17) is 4.74 Å². The minimum absolute atomic E-state index is 0.0187. The molecule has 0 bridgehead atoms. The van der Waals surface area contributed by atoms with E-state index in [1.54, 1.807) is 0 Å². The number of amides is 1. The van der Waals surface area contributed by atoms with Crippen LogP contribution in [0, 0.1) is 11.8 Å². The van der Waals surface area contributed by atoms with Crippen molar-refractivity contribution in [1.82, 2.24) is 4.90 Å². The number of alkyl halides is 1. The van der Waals surface area contributed by atoms with E-state index in [9.17, 15) is 4.79 Å². The third kappa shape index (κ3) is 1.81. The molecule has 4 rings (SSSR count). The van der Waals surface area contributed by atoms with Crippen LogP contribution in [-0.4, -0.2) is 29.7 Å². The first-order chi connectivity index (χ1) is 10.2. The van der Waals surface area contributed by atoms with Gasteiger partial charge in [0.25, 0.3) is 0 Å². The van der Waals surface area contributed by atoms with Gasteiger partial charge in [0.15, 0.2) is 0 Å². The van der Waals surface area contributed by atoms with Crippen LogP contribution in [0.1, 0.15) is 22.3 Å². The molecule has 1 spiro atoms. The van der Waals surface area contributed by atoms with Crippen molar-refractivity contribution in [3.05, 3.63) is 48.0 Å². The van der Waals surface area contributed by atoms with Gasteiger partial charge in [0.1, 0.15) is 0 Å². The Morgan fingerprint density at radius 1 is 1.48 bits per heavy atom. The number of methoxy groups -OCH3 is 1. The first kappa shape index (κ1) is 13.6. The monoisotopic (exact) mass is 395 g/mol. The minimum atomic E-state index is -0.163. The fraction of sp³-hybridized carbons (Fsp3) is 0.471. The third-order valence-electron chi connectivity index (χ3n) is 5.34. The maximum atomic E-state index is 11.9. The molecule has 2 fully saturated rings. The van der Waals surface area contributed by atoms with Crippen molar-refractivity contribution in [3.8, 4) is 0 Å². The number of ether oxygens (including phenoxy) is 1.